The summed E-state index contributed by atoms with van der Waals surface area (Å²) in [5.74, 6) is 0.207. The molecule has 0 bridgehead atoms. The predicted molar refractivity (Wildman–Crippen MR) is 80.1 cm³/mol. The van der Waals surface area contributed by atoms with E-state index in [1.54, 1.807) is 12.1 Å². The Kier molecular flexibility index (Phi) is 5.15. The largest absolute Gasteiger partial charge is 0.478 e. The minimum absolute atomic E-state index is 0.375. The van der Waals surface area contributed by atoms with E-state index < -0.39 is 5.97 Å². The van der Waals surface area contributed by atoms with Crippen LogP contribution in [0.4, 0.5) is 0 Å². The monoisotopic (exact) mass is 276 g/mol. The van der Waals surface area contributed by atoms with E-state index in [9.17, 15) is 4.79 Å². The van der Waals surface area contributed by atoms with Gasteiger partial charge in [0.05, 0.1) is 5.56 Å². The molecule has 0 amide bonds. The highest BCUT2D eigenvalue weighted by atomic mass is 16.4. The van der Waals surface area contributed by atoms with Gasteiger partial charge in [0.15, 0.2) is 0 Å². The maximum absolute atomic E-state index is 11.1. The Hall–Kier alpha value is -1.39. The van der Waals surface area contributed by atoms with Crippen molar-refractivity contribution in [3.05, 3.63) is 35.4 Å². The summed E-state index contributed by atoms with van der Waals surface area (Å²) in [6, 6.07) is 7.77. The highest BCUT2D eigenvalue weighted by molar-refractivity contribution is 5.87. The fourth-order valence-corrected chi connectivity index (χ4v) is 2.92. The summed E-state index contributed by atoms with van der Waals surface area (Å²) in [6.07, 6.45) is 0.915. The molecule has 2 unspecified atom stereocenters. The zero-order valence-corrected chi connectivity index (χ0v) is 12.2. The first kappa shape index (κ1) is 15.0. The summed E-state index contributed by atoms with van der Waals surface area (Å²) in [5, 5.41) is 16.1. The molecule has 110 valence electrons. The van der Waals surface area contributed by atoms with Crippen molar-refractivity contribution in [1.29, 1.82) is 0 Å². The molecule has 1 saturated heterocycles. The van der Waals surface area contributed by atoms with Crippen molar-refractivity contribution in [3.63, 3.8) is 0 Å². The quantitative estimate of drug-likeness (QED) is 0.767. The van der Waals surface area contributed by atoms with Gasteiger partial charge >= 0.3 is 5.97 Å². The van der Waals surface area contributed by atoms with Crippen LogP contribution < -0.4 is 10.6 Å². The first-order valence-electron chi connectivity index (χ1n) is 7.34. The molecular formula is C16H24N2O2. The van der Waals surface area contributed by atoms with Crippen molar-refractivity contribution in [2.75, 3.05) is 19.6 Å². The maximum Gasteiger partial charge on any atom is 0.335 e. The summed E-state index contributed by atoms with van der Waals surface area (Å²) < 4.78 is 0. The van der Waals surface area contributed by atoms with E-state index in [1.165, 1.54) is 0 Å². The lowest BCUT2D eigenvalue weighted by molar-refractivity contribution is 0.0696. The first-order chi connectivity index (χ1) is 9.58. The van der Waals surface area contributed by atoms with Crippen LogP contribution in [0.3, 0.4) is 0 Å². The molecule has 4 nitrogen and oxygen atoms in total. The Morgan fingerprint density at radius 3 is 2.80 bits per heavy atom. The van der Waals surface area contributed by atoms with E-state index >= 15 is 0 Å². The average molecular weight is 276 g/mol. The highest BCUT2D eigenvalue weighted by Gasteiger charge is 2.26. The molecule has 2 atom stereocenters. The summed E-state index contributed by atoms with van der Waals surface area (Å²) >= 11 is 0. The van der Waals surface area contributed by atoms with Crippen LogP contribution in [-0.4, -0.2) is 36.8 Å². The minimum Gasteiger partial charge on any atom is -0.478 e. The van der Waals surface area contributed by atoms with E-state index in [0.29, 0.717) is 23.4 Å². The third kappa shape index (κ3) is 3.81. The third-order valence-electron chi connectivity index (χ3n) is 4.09. The normalized spacial score (nSPS) is 20.9. The van der Waals surface area contributed by atoms with Crippen molar-refractivity contribution in [3.8, 4) is 0 Å². The molecule has 3 N–H and O–H groups in total. The van der Waals surface area contributed by atoms with E-state index in [2.05, 4.69) is 24.5 Å². The molecule has 1 aromatic rings. The summed E-state index contributed by atoms with van der Waals surface area (Å²) in [7, 11) is 0. The highest BCUT2D eigenvalue weighted by Crippen LogP contribution is 2.22. The van der Waals surface area contributed by atoms with Crippen LogP contribution in [0.2, 0.25) is 0 Å². The number of carboxylic acid groups (broad SMARTS) is 1. The number of nitrogens with one attached hydrogen (secondary N) is 2. The lowest BCUT2D eigenvalue weighted by Gasteiger charge is -2.34. The van der Waals surface area contributed by atoms with Crippen LogP contribution in [0.5, 0.6) is 0 Å². The van der Waals surface area contributed by atoms with Gasteiger partial charge in [-0.1, -0.05) is 26.0 Å². The number of carbonyl (C=O) groups is 1. The molecule has 0 saturated carbocycles. The number of rotatable bonds is 5. The molecule has 0 aliphatic carbocycles. The molecule has 4 heteroatoms. The molecule has 1 aromatic carbocycles. The second-order valence-electron chi connectivity index (χ2n) is 5.88. The van der Waals surface area contributed by atoms with Gasteiger partial charge in [0.2, 0.25) is 0 Å². The van der Waals surface area contributed by atoms with Crippen molar-refractivity contribution < 1.29 is 9.90 Å². The van der Waals surface area contributed by atoms with Crippen molar-refractivity contribution >= 4 is 5.97 Å². The number of aromatic carboxylic acids is 1. The van der Waals surface area contributed by atoms with E-state index in [0.717, 1.165) is 31.6 Å². The summed E-state index contributed by atoms with van der Waals surface area (Å²) in [6.45, 7) is 7.49. The van der Waals surface area contributed by atoms with Crippen LogP contribution in [0.15, 0.2) is 24.3 Å². The van der Waals surface area contributed by atoms with Crippen molar-refractivity contribution in [2.45, 2.75) is 26.3 Å². The van der Waals surface area contributed by atoms with Gasteiger partial charge in [-0.2, -0.15) is 0 Å². The second kappa shape index (κ2) is 6.86. The van der Waals surface area contributed by atoms with E-state index in [1.807, 2.05) is 12.1 Å². The van der Waals surface area contributed by atoms with Gasteiger partial charge < -0.3 is 15.7 Å². The molecule has 1 aliphatic heterocycles. The fraction of sp³-hybridized carbons (Fsp3) is 0.562. The van der Waals surface area contributed by atoms with Crippen LogP contribution in [-0.2, 0) is 6.42 Å². The van der Waals surface area contributed by atoms with Gasteiger partial charge in [0.25, 0.3) is 0 Å². The molecule has 2 rings (SSSR count). The summed E-state index contributed by atoms with van der Waals surface area (Å²) in [5.41, 5.74) is 1.48. The van der Waals surface area contributed by atoms with Crippen LogP contribution in [0.25, 0.3) is 0 Å². The van der Waals surface area contributed by atoms with Gasteiger partial charge in [0.1, 0.15) is 0 Å². The Balaban J connectivity index is 2.11. The summed E-state index contributed by atoms with van der Waals surface area (Å²) in [4.78, 5) is 11.1. The number of hydrogen-bond donors (Lipinski definition) is 3. The Morgan fingerprint density at radius 1 is 1.40 bits per heavy atom. The Morgan fingerprint density at radius 2 is 2.20 bits per heavy atom. The topological polar surface area (TPSA) is 61.4 Å². The van der Waals surface area contributed by atoms with Crippen molar-refractivity contribution in [1.82, 2.24) is 10.6 Å². The zero-order valence-electron chi connectivity index (χ0n) is 12.2. The lowest BCUT2D eigenvalue weighted by Crippen LogP contribution is -2.53. The van der Waals surface area contributed by atoms with Crippen LogP contribution >= 0.6 is 0 Å². The van der Waals surface area contributed by atoms with Gasteiger partial charge in [0, 0.05) is 25.7 Å². The Labute approximate surface area is 120 Å². The minimum atomic E-state index is -0.856. The molecule has 1 heterocycles. The maximum atomic E-state index is 11.1. The smallest absolute Gasteiger partial charge is 0.335 e. The second-order valence-corrected chi connectivity index (χ2v) is 5.88. The average Bonchev–Trinajstić information content (AvgIpc) is 2.45. The number of benzene rings is 1. The van der Waals surface area contributed by atoms with E-state index in [-0.39, 0.29) is 0 Å². The van der Waals surface area contributed by atoms with Gasteiger partial charge in [-0.3, -0.25) is 0 Å². The van der Waals surface area contributed by atoms with Crippen LogP contribution in [0.1, 0.15) is 29.8 Å². The van der Waals surface area contributed by atoms with Gasteiger partial charge in [-0.15, -0.1) is 0 Å². The standard InChI is InChI=1S/C16H24N2O2/c1-11(2)14(15-10-17-6-7-18-15)9-12-4-3-5-13(8-12)16(19)20/h3-5,8,11,14-15,17-18H,6-7,9-10H2,1-2H3,(H,19,20). The van der Waals surface area contributed by atoms with Gasteiger partial charge in [-0.25, -0.2) is 4.79 Å². The lowest BCUT2D eigenvalue weighted by atomic mass is 9.82. The molecule has 1 aliphatic rings. The number of piperazine rings is 1. The predicted octanol–water partition coefficient (Wildman–Crippen LogP) is 1.76. The van der Waals surface area contributed by atoms with Gasteiger partial charge in [-0.05, 0) is 36.0 Å². The van der Waals surface area contributed by atoms with E-state index in [4.69, 9.17) is 5.11 Å². The molecule has 0 radical (unpaired) electrons. The molecule has 20 heavy (non-hydrogen) atoms. The zero-order chi connectivity index (χ0) is 14.5. The first-order valence-corrected chi connectivity index (χ1v) is 7.34. The fourth-order valence-electron chi connectivity index (χ4n) is 2.92. The molecular weight excluding hydrogens is 252 g/mol. The molecule has 0 aromatic heterocycles. The molecule has 1 fully saturated rings. The number of carboxylic acids is 1. The van der Waals surface area contributed by atoms with Crippen LogP contribution in [0, 0.1) is 11.8 Å². The Bertz CT molecular complexity index is 454. The van der Waals surface area contributed by atoms with Crippen molar-refractivity contribution in [2.24, 2.45) is 11.8 Å². The third-order valence-corrected chi connectivity index (χ3v) is 4.09. The number of hydrogen-bond acceptors (Lipinski definition) is 3. The molecule has 0 spiro atoms. The SMILES string of the molecule is CC(C)C(Cc1cccc(C(=O)O)c1)C1CNCCN1.